The minimum Gasteiger partial charge on any atom is -1.00 e. The Bertz CT molecular complexity index is 29.3. The Morgan fingerprint density at radius 2 is 2.00 bits per heavy atom. The molecule has 0 amide bonds. The van der Waals surface area contributed by atoms with Gasteiger partial charge in [0.1, 0.15) is 0 Å². The van der Waals surface area contributed by atoms with Gasteiger partial charge in [0.2, 0.25) is 0 Å². The van der Waals surface area contributed by atoms with Crippen molar-refractivity contribution >= 4 is 0 Å². The second-order valence-corrected chi connectivity index (χ2v) is 0.931. The van der Waals surface area contributed by atoms with E-state index in [-0.39, 0.29) is 36.5 Å². The molecule has 0 rings (SSSR count). The molecular formula is C5H9BrZn. The average Bonchev–Trinajstić information content (AvgIpc) is 1.41. The first-order valence-corrected chi connectivity index (χ1v) is 1.82. The van der Waals surface area contributed by atoms with Crippen LogP contribution in [-0.4, -0.2) is 0 Å². The third kappa shape index (κ3) is 19.9. The van der Waals surface area contributed by atoms with Crippen molar-refractivity contribution < 1.29 is 36.5 Å². The van der Waals surface area contributed by atoms with Crippen molar-refractivity contribution in [2.24, 2.45) is 0 Å². The maximum absolute atomic E-state index is 3.60. The van der Waals surface area contributed by atoms with Crippen LogP contribution in [0.5, 0.6) is 0 Å². The minimum absolute atomic E-state index is 0. The summed E-state index contributed by atoms with van der Waals surface area (Å²) in [6, 6.07) is 0. The summed E-state index contributed by atoms with van der Waals surface area (Å²) in [5.41, 5.74) is 0. The van der Waals surface area contributed by atoms with Gasteiger partial charge in [-0.2, -0.15) is 6.42 Å². The second-order valence-electron chi connectivity index (χ2n) is 0.931. The summed E-state index contributed by atoms with van der Waals surface area (Å²) in [5, 5.41) is 0. The summed E-state index contributed by atoms with van der Waals surface area (Å²) in [6.45, 7) is 7.11. The van der Waals surface area contributed by atoms with Gasteiger partial charge in [0, 0.05) is 0 Å². The van der Waals surface area contributed by atoms with Crippen LogP contribution in [0.15, 0.2) is 12.7 Å². The van der Waals surface area contributed by atoms with Gasteiger partial charge in [-0.25, -0.2) is 0 Å². The molecule has 7 heavy (non-hydrogen) atoms. The van der Waals surface area contributed by atoms with Crippen LogP contribution < -0.4 is 17.0 Å². The van der Waals surface area contributed by atoms with Gasteiger partial charge in [-0.1, -0.05) is 12.5 Å². The molecule has 0 spiro atoms. The van der Waals surface area contributed by atoms with Gasteiger partial charge < -0.3 is 23.9 Å². The Hall–Kier alpha value is 0.843. The van der Waals surface area contributed by atoms with E-state index in [1.807, 2.05) is 6.08 Å². The van der Waals surface area contributed by atoms with Crippen molar-refractivity contribution in [3.05, 3.63) is 19.6 Å². The molecule has 0 bridgehead atoms. The van der Waals surface area contributed by atoms with E-state index in [1.165, 1.54) is 0 Å². The molecule has 38 valence electrons. The van der Waals surface area contributed by atoms with Crippen molar-refractivity contribution in [1.82, 2.24) is 0 Å². The molecule has 0 saturated heterocycles. The summed E-state index contributed by atoms with van der Waals surface area (Å²) in [4.78, 5) is 0. The molecule has 0 fully saturated rings. The molecule has 0 atom stereocenters. The van der Waals surface area contributed by atoms with E-state index in [0.717, 1.165) is 12.8 Å². The first kappa shape index (κ1) is 15.7. The predicted molar refractivity (Wildman–Crippen MR) is 24.8 cm³/mol. The molecule has 0 aromatic carbocycles. The van der Waals surface area contributed by atoms with Gasteiger partial charge in [-0.15, -0.1) is 6.58 Å². The minimum atomic E-state index is 0. The third-order valence-electron chi connectivity index (χ3n) is 0.408. The number of hydrogen-bond donors (Lipinski definition) is 0. The third-order valence-corrected chi connectivity index (χ3v) is 0.408. The van der Waals surface area contributed by atoms with Crippen LogP contribution in [0.1, 0.15) is 12.8 Å². The van der Waals surface area contributed by atoms with Crippen molar-refractivity contribution in [2.45, 2.75) is 12.8 Å². The molecule has 0 N–H and O–H groups in total. The fraction of sp³-hybridized carbons (Fsp3) is 0.400. The first-order valence-electron chi connectivity index (χ1n) is 1.82. The van der Waals surface area contributed by atoms with Crippen LogP contribution in [0.3, 0.4) is 0 Å². The van der Waals surface area contributed by atoms with E-state index >= 15 is 0 Å². The molecule has 0 aliphatic carbocycles. The number of allylic oxidation sites excluding steroid dienone is 1. The number of halogens is 1. The van der Waals surface area contributed by atoms with Gasteiger partial charge in [0.25, 0.3) is 0 Å². The maximum atomic E-state index is 3.60. The topological polar surface area (TPSA) is 0 Å². The maximum Gasteiger partial charge on any atom is 2.00 e. The van der Waals surface area contributed by atoms with Gasteiger partial charge in [0.15, 0.2) is 0 Å². The van der Waals surface area contributed by atoms with E-state index in [1.54, 1.807) is 0 Å². The van der Waals surface area contributed by atoms with E-state index in [0.29, 0.717) is 0 Å². The number of hydrogen-bond acceptors (Lipinski definition) is 0. The Balaban J connectivity index is -0.0000000800. The van der Waals surface area contributed by atoms with Crippen LogP contribution in [0, 0.1) is 6.92 Å². The zero-order chi connectivity index (χ0) is 4.12. The predicted octanol–water partition coefficient (Wildman–Crippen LogP) is -1.21. The molecule has 0 unspecified atom stereocenters. The molecule has 0 aromatic rings. The van der Waals surface area contributed by atoms with E-state index in [9.17, 15) is 0 Å². The zero-order valence-corrected chi connectivity index (χ0v) is 9.04. The summed E-state index contributed by atoms with van der Waals surface area (Å²) in [7, 11) is 0. The molecule has 0 saturated carbocycles. The van der Waals surface area contributed by atoms with E-state index < -0.39 is 0 Å². The van der Waals surface area contributed by atoms with Crippen molar-refractivity contribution in [3.8, 4) is 0 Å². The largest absolute Gasteiger partial charge is 2.00 e. The normalized spacial score (nSPS) is 5.29. The first-order chi connectivity index (χ1) is 2.41. The van der Waals surface area contributed by atoms with Gasteiger partial charge in [-0.05, 0) is 0 Å². The quantitative estimate of drug-likeness (QED) is 0.307. The van der Waals surface area contributed by atoms with Gasteiger partial charge in [0.05, 0.1) is 0 Å². The van der Waals surface area contributed by atoms with Crippen molar-refractivity contribution in [1.29, 1.82) is 0 Å². The summed E-state index contributed by atoms with van der Waals surface area (Å²) >= 11 is 0. The Labute approximate surface area is 68.9 Å². The van der Waals surface area contributed by atoms with Crippen LogP contribution in [0.25, 0.3) is 0 Å². The fourth-order valence-electron chi connectivity index (χ4n) is 0.144. The number of rotatable bonds is 2. The van der Waals surface area contributed by atoms with Crippen LogP contribution in [0.2, 0.25) is 0 Å². The number of unbranched alkanes of at least 4 members (excludes halogenated alkanes) is 1. The smallest absolute Gasteiger partial charge is 1.00 e. The van der Waals surface area contributed by atoms with E-state index in [4.69, 9.17) is 0 Å². The molecule has 2 heteroatoms. The zero-order valence-electron chi connectivity index (χ0n) is 4.49. The molecule has 0 aliphatic rings. The Kier molecular flexibility index (Phi) is 35.4. The fourth-order valence-corrected chi connectivity index (χ4v) is 0.144. The molecule has 0 radical (unpaired) electrons. The van der Waals surface area contributed by atoms with Crippen LogP contribution in [0.4, 0.5) is 0 Å². The summed E-state index contributed by atoms with van der Waals surface area (Å²) in [6.07, 6.45) is 3.89. The van der Waals surface area contributed by atoms with Gasteiger partial charge >= 0.3 is 19.5 Å². The monoisotopic (exact) mass is 212 g/mol. The second kappa shape index (κ2) is 15.8. The van der Waals surface area contributed by atoms with Crippen molar-refractivity contribution in [2.75, 3.05) is 0 Å². The van der Waals surface area contributed by atoms with E-state index in [2.05, 4.69) is 13.5 Å². The average molecular weight is 214 g/mol. The summed E-state index contributed by atoms with van der Waals surface area (Å²) < 4.78 is 0. The SMILES string of the molecule is C=CCC[CH2-].[Br-].[Zn+2]. The summed E-state index contributed by atoms with van der Waals surface area (Å²) in [5.74, 6) is 0. The molecule has 0 heterocycles. The molecule has 0 nitrogen and oxygen atoms in total. The van der Waals surface area contributed by atoms with Crippen LogP contribution in [-0.2, 0) is 19.5 Å². The standard InChI is InChI=1S/C5H9.BrH.Zn/c1-3-5-4-2;;/h3H,1-2,4-5H2;1H;/q-1;;+2/p-1. The molecule has 0 aliphatic heterocycles. The van der Waals surface area contributed by atoms with Crippen molar-refractivity contribution in [3.63, 3.8) is 0 Å². The molecular weight excluding hydrogens is 205 g/mol. The van der Waals surface area contributed by atoms with Crippen LogP contribution >= 0.6 is 0 Å². The Morgan fingerprint density at radius 1 is 1.57 bits per heavy atom. The Morgan fingerprint density at radius 3 is 2.00 bits per heavy atom. The molecule has 0 aromatic heterocycles. The van der Waals surface area contributed by atoms with Gasteiger partial charge in [-0.3, -0.25) is 0 Å².